The minimum atomic E-state index is -0.133. The zero-order chi connectivity index (χ0) is 24.0. The maximum absolute atomic E-state index is 13.3. The molecule has 2 aliphatic rings. The van der Waals surface area contributed by atoms with Crippen LogP contribution in [0.2, 0.25) is 0 Å². The quantitative estimate of drug-likeness (QED) is 0.559. The van der Waals surface area contributed by atoms with Gasteiger partial charge in [0.05, 0.1) is 11.6 Å². The van der Waals surface area contributed by atoms with Gasteiger partial charge in [0.25, 0.3) is 5.91 Å². The second kappa shape index (κ2) is 8.65. The monoisotopic (exact) mass is 462 g/mol. The number of benzene rings is 1. The van der Waals surface area contributed by atoms with Crippen molar-refractivity contribution in [1.82, 2.24) is 29.7 Å². The Bertz CT molecular complexity index is 1160. The van der Waals surface area contributed by atoms with Gasteiger partial charge in [-0.3, -0.25) is 14.4 Å². The molecule has 1 aliphatic carbocycles. The number of aromatic nitrogens is 4. The van der Waals surface area contributed by atoms with Gasteiger partial charge in [0.15, 0.2) is 5.69 Å². The molecule has 1 aromatic carbocycles. The summed E-state index contributed by atoms with van der Waals surface area (Å²) in [6, 6.07) is 10.1. The second-order valence-corrected chi connectivity index (χ2v) is 10.6. The highest BCUT2D eigenvalue weighted by Gasteiger charge is 2.34. The Balaban J connectivity index is 1.23. The van der Waals surface area contributed by atoms with Gasteiger partial charge in [-0.05, 0) is 53.5 Å². The second-order valence-electron chi connectivity index (χ2n) is 10.6. The largest absolute Gasteiger partial charge is 0.337 e. The molecule has 5 rings (SSSR count). The molecule has 3 heterocycles. The molecule has 0 radical (unpaired) electrons. The fourth-order valence-corrected chi connectivity index (χ4v) is 4.56. The number of piperazine rings is 1. The fraction of sp³-hybridized carbons (Fsp3) is 0.538. The van der Waals surface area contributed by atoms with Crippen LogP contribution in [-0.2, 0) is 5.54 Å². The fourth-order valence-electron chi connectivity index (χ4n) is 4.56. The normalized spacial score (nSPS) is 18.3. The summed E-state index contributed by atoms with van der Waals surface area (Å²) in [6.07, 6.45) is 2.38. The third-order valence-corrected chi connectivity index (χ3v) is 6.85. The summed E-state index contributed by atoms with van der Waals surface area (Å²) < 4.78 is 7.64. The van der Waals surface area contributed by atoms with Crippen LogP contribution in [-0.4, -0.2) is 61.8 Å². The summed E-state index contributed by atoms with van der Waals surface area (Å²) >= 11 is 0. The van der Waals surface area contributed by atoms with E-state index in [4.69, 9.17) is 9.62 Å². The zero-order valence-corrected chi connectivity index (χ0v) is 20.8. The minimum Gasteiger partial charge on any atom is -0.337 e. The minimum absolute atomic E-state index is 0.00878. The molecule has 0 bridgehead atoms. The highest BCUT2D eigenvalue weighted by molar-refractivity contribution is 5.92. The molecule has 1 aliphatic heterocycles. The van der Waals surface area contributed by atoms with Crippen LogP contribution in [0.1, 0.15) is 80.1 Å². The number of nitrogens with zero attached hydrogens (tertiary/aromatic N) is 6. The molecule has 1 saturated heterocycles. The average molecular weight is 463 g/mol. The van der Waals surface area contributed by atoms with Crippen molar-refractivity contribution in [3.8, 4) is 11.4 Å². The summed E-state index contributed by atoms with van der Waals surface area (Å²) in [5.74, 6) is 1.78. The van der Waals surface area contributed by atoms with Gasteiger partial charge >= 0.3 is 0 Å². The Hall–Kier alpha value is -3.00. The van der Waals surface area contributed by atoms with Crippen LogP contribution in [0.5, 0.6) is 0 Å². The number of amides is 1. The summed E-state index contributed by atoms with van der Waals surface area (Å²) in [5, 5.41) is 8.91. The van der Waals surface area contributed by atoms with Gasteiger partial charge in [0.1, 0.15) is 0 Å². The molecular formula is C26H34N6O2. The molecule has 34 heavy (non-hydrogen) atoms. The third kappa shape index (κ3) is 4.51. The van der Waals surface area contributed by atoms with Crippen molar-refractivity contribution in [2.24, 2.45) is 0 Å². The first kappa shape index (κ1) is 22.8. The Morgan fingerprint density at radius 2 is 1.76 bits per heavy atom. The molecule has 0 spiro atoms. The number of carbonyl (C=O) groups excluding carboxylic acids is 1. The van der Waals surface area contributed by atoms with Crippen LogP contribution in [0.15, 0.2) is 34.9 Å². The van der Waals surface area contributed by atoms with Crippen molar-refractivity contribution in [2.75, 3.05) is 26.2 Å². The van der Waals surface area contributed by atoms with E-state index in [2.05, 4.69) is 54.3 Å². The molecule has 0 N–H and O–H groups in total. The molecule has 2 fully saturated rings. The van der Waals surface area contributed by atoms with Gasteiger partial charge in [-0.15, -0.1) is 0 Å². The van der Waals surface area contributed by atoms with Gasteiger partial charge in [-0.2, -0.15) is 10.1 Å². The smallest absolute Gasteiger partial charge is 0.274 e. The maximum atomic E-state index is 13.3. The van der Waals surface area contributed by atoms with Crippen LogP contribution in [0, 0.1) is 6.92 Å². The highest BCUT2D eigenvalue weighted by Crippen LogP contribution is 2.41. The predicted octanol–water partition coefficient (Wildman–Crippen LogP) is 4.39. The summed E-state index contributed by atoms with van der Waals surface area (Å²) in [4.78, 5) is 22.1. The van der Waals surface area contributed by atoms with E-state index in [1.54, 1.807) is 0 Å². The van der Waals surface area contributed by atoms with Crippen molar-refractivity contribution in [1.29, 1.82) is 0 Å². The van der Waals surface area contributed by atoms with Crippen LogP contribution in [0.25, 0.3) is 11.4 Å². The molecule has 1 amide bonds. The molecule has 8 heteroatoms. The number of hydrogen-bond acceptors (Lipinski definition) is 6. The van der Waals surface area contributed by atoms with Crippen LogP contribution in [0.4, 0.5) is 0 Å². The molecular weight excluding hydrogens is 428 g/mol. The number of hydrogen-bond donors (Lipinski definition) is 0. The molecule has 8 nitrogen and oxygen atoms in total. The van der Waals surface area contributed by atoms with Crippen LogP contribution >= 0.6 is 0 Å². The van der Waals surface area contributed by atoms with Crippen molar-refractivity contribution in [3.63, 3.8) is 0 Å². The molecule has 1 unspecified atom stereocenters. The maximum Gasteiger partial charge on any atom is 0.274 e. The number of carbonyl (C=O) groups is 1. The Morgan fingerprint density at radius 1 is 1.09 bits per heavy atom. The lowest BCUT2D eigenvalue weighted by molar-refractivity contribution is 0.0545. The Morgan fingerprint density at radius 3 is 2.38 bits per heavy atom. The van der Waals surface area contributed by atoms with E-state index in [1.165, 1.54) is 24.1 Å². The summed E-state index contributed by atoms with van der Waals surface area (Å²) in [7, 11) is 0. The van der Waals surface area contributed by atoms with E-state index in [0.29, 0.717) is 36.4 Å². The molecule has 3 aromatic rings. The van der Waals surface area contributed by atoms with E-state index in [9.17, 15) is 4.79 Å². The van der Waals surface area contributed by atoms with Gasteiger partial charge in [-0.1, -0.05) is 35.0 Å². The van der Waals surface area contributed by atoms with Gasteiger partial charge in [-0.25, -0.2) is 0 Å². The van der Waals surface area contributed by atoms with Crippen molar-refractivity contribution in [2.45, 2.75) is 65.0 Å². The first-order chi connectivity index (χ1) is 16.2. The van der Waals surface area contributed by atoms with Crippen molar-refractivity contribution in [3.05, 3.63) is 53.2 Å². The Labute approximate surface area is 200 Å². The highest BCUT2D eigenvalue weighted by atomic mass is 16.5. The molecule has 180 valence electrons. The van der Waals surface area contributed by atoms with Crippen LogP contribution in [0.3, 0.4) is 0 Å². The lowest BCUT2D eigenvalue weighted by Gasteiger charge is -2.36. The van der Waals surface area contributed by atoms with E-state index in [-0.39, 0.29) is 17.5 Å². The lowest BCUT2D eigenvalue weighted by Crippen LogP contribution is -2.49. The van der Waals surface area contributed by atoms with E-state index < -0.39 is 0 Å². The first-order valence-corrected chi connectivity index (χ1v) is 12.2. The Kier molecular flexibility index (Phi) is 5.80. The SMILES string of the molecule is Cc1ccc(-c2noc(C(C)N3CCN(C(=O)c4cc(C5CC5)n(C(C)(C)C)n4)CC3)n2)cc1. The predicted molar refractivity (Wildman–Crippen MR) is 130 cm³/mol. The van der Waals surface area contributed by atoms with Gasteiger partial charge in [0, 0.05) is 43.4 Å². The van der Waals surface area contributed by atoms with E-state index >= 15 is 0 Å². The molecule has 2 aromatic heterocycles. The summed E-state index contributed by atoms with van der Waals surface area (Å²) in [6.45, 7) is 13.4. The number of aryl methyl sites for hydroxylation is 1. The zero-order valence-electron chi connectivity index (χ0n) is 20.8. The average Bonchev–Trinajstić information content (AvgIpc) is 3.36. The van der Waals surface area contributed by atoms with Gasteiger partial charge < -0.3 is 9.42 Å². The topological polar surface area (TPSA) is 80.3 Å². The first-order valence-electron chi connectivity index (χ1n) is 12.2. The van der Waals surface area contributed by atoms with Gasteiger partial charge in [0.2, 0.25) is 11.7 Å². The van der Waals surface area contributed by atoms with Crippen molar-refractivity contribution >= 4 is 5.91 Å². The van der Waals surface area contributed by atoms with Crippen LogP contribution < -0.4 is 0 Å². The molecule has 1 atom stereocenters. The van der Waals surface area contributed by atoms with Crippen molar-refractivity contribution < 1.29 is 9.32 Å². The lowest BCUT2D eigenvalue weighted by atomic mass is 10.1. The standard InChI is InChI=1S/C26H34N6O2/c1-17-6-8-20(9-7-17)23-27-24(34-29-23)18(2)30-12-14-31(15-13-30)25(33)21-16-22(19-10-11-19)32(28-21)26(3,4)5/h6-9,16,18-19H,10-15H2,1-5H3. The number of rotatable bonds is 5. The summed E-state index contributed by atoms with van der Waals surface area (Å²) in [5.41, 5.74) is 3.78. The van der Waals surface area contributed by atoms with E-state index in [1.807, 2.05) is 35.2 Å². The third-order valence-electron chi connectivity index (χ3n) is 6.85. The molecule has 1 saturated carbocycles. The van der Waals surface area contributed by atoms with E-state index in [0.717, 1.165) is 18.7 Å².